The molecule has 2 saturated carbocycles. The third kappa shape index (κ3) is 4.59. The highest BCUT2D eigenvalue weighted by Gasteiger charge is 2.31. The topological polar surface area (TPSA) is 21.3 Å². The van der Waals surface area contributed by atoms with Gasteiger partial charge in [0, 0.05) is 19.3 Å². The molecular weight excluding hydrogens is 210 g/mol. The summed E-state index contributed by atoms with van der Waals surface area (Å²) in [5.41, 5.74) is 0.493. The van der Waals surface area contributed by atoms with Crippen LogP contribution in [-0.4, -0.2) is 25.8 Å². The average Bonchev–Trinajstić information content (AvgIpc) is 3.08. The number of rotatable bonds is 7. The molecule has 2 heteroatoms. The first kappa shape index (κ1) is 13.4. The zero-order valence-electron chi connectivity index (χ0n) is 11.6. The van der Waals surface area contributed by atoms with Gasteiger partial charge in [-0.2, -0.15) is 0 Å². The van der Waals surface area contributed by atoms with Crippen LogP contribution < -0.4 is 5.32 Å². The van der Waals surface area contributed by atoms with Gasteiger partial charge in [-0.15, -0.1) is 0 Å². The van der Waals surface area contributed by atoms with Crippen LogP contribution in [0.5, 0.6) is 0 Å². The molecule has 0 spiro atoms. The molecule has 100 valence electrons. The van der Waals surface area contributed by atoms with Gasteiger partial charge in [0.2, 0.25) is 0 Å². The van der Waals surface area contributed by atoms with E-state index in [1.54, 1.807) is 0 Å². The lowest BCUT2D eigenvalue weighted by Crippen LogP contribution is -2.44. The van der Waals surface area contributed by atoms with Crippen LogP contribution in [0.2, 0.25) is 0 Å². The van der Waals surface area contributed by atoms with Gasteiger partial charge in [0.05, 0.1) is 0 Å². The number of ether oxygens (including phenoxy) is 1. The van der Waals surface area contributed by atoms with Crippen molar-refractivity contribution >= 4 is 0 Å². The highest BCUT2D eigenvalue weighted by Crippen LogP contribution is 2.35. The maximum Gasteiger partial charge on any atom is 0.0494 e. The minimum Gasteiger partial charge on any atom is -0.381 e. The van der Waals surface area contributed by atoms with E-state index in [2.05, 4.69) is 19.2 Å². The fourth-order valence-electron chi connectivity index (χ4n) is 2.86. The molecule has 2 fully saturated rings. The smallest absolute Gasteiger partial charge is 0.0494 e. The van der Waals surface area contributed by atoms with Crippen molar-refractivity contribution in [3.63, 3.8) is 0 Å². The van der Waals surface area contributed by atoms with Crippen molar-refractivity contribution in [1.82, 2.24) is 5.32 Å². The highest BCUT2D eigenvalue weighted by atomic mass is 16.5. The van der Waals surface area contributed by atoms with Crippen molar-refractivity contribution in [2.75, 3.05) is 19.8 Å². The first-order chi connectivity index (χ1) is 8.18. The molecule has 0 radical (unpaired) electrons. The predicted octanol–water partition coefficient (Wildman–Crippen LogP) is 3.36. The molecule has 0 bridgehead atoms. The fraction of sp³-hybridized carbons (Fsp3) is 1.00. The summed E-state index contributed by atoms with van der Waals surface area (Å²) in [6, 6.07) is 0.722. The minimum atomic E-state index is 0.493. The van der Waals surface area contributed by atoms with Gasteiger partial charge in [-0.25, -0.2) is 0 Å². The summed E-state index contributed by atoms with van der Waals surface area (Å²) < 4.78 is 5.66. The Balaban J connectivity index is 1.51. The Hall–Kier alpha value is -0.0800. The van der Waals surface area contributed by atoms with E-state index in [-0.39, 0.29) is 0 Å². The molecule has 1 atom stereocenters. The Bertz CT molecular complexity index is 223. The third-order valence-electron chi connectivity index (χ3n) is 4.41. The van der Waals surface area contributed by atoms with E-state index in [0.717, 1.165) is 31.7 Å². The van der Waals surface area contributed by atoms with Gasteiger partial charge in [0.15, 0.2) is 0 Å². The van der Waals surface area contributed by atoms with Crippen molar-refractivity contribution in [2.45, 2.75) is 64.8 Å². The van der Waals surface area contributed by atoms with E-state index in [1.807, 2.05) is 0 Å². The molecule has 2 aliphatic carbocycles. The number of nitrogens with one attached hydrogen (secondary N) is 1. The summed E-state index contributed by atoms with van der Waals surface area (Å²) >= 11 is 0. The lowest BCUT2D eigenvalue weighted by atomic mass is 9.73. The average molecular weight is 239 g/mol. The zero-order chi connectivity index (χ0) is 12.1. The molecule has 2 rings (SSSR count). The molecule has 0 aromatic heterocycles. The van der Waals surface area contributed by atoms with Gasteiger partial charge in [-0.1, -0.05) is 26.7 Å². The second kappa shape index (κ2) is 6.19. The molecule has 0 saturated heterocycles. The van der Waals surface area contributed by atoms with Crippen molar-refractivity contribution in [3.8, 4) is 0 Å². The van der Waals surface area contributed by atoms with Crippen molar-refractivity contribution < 1.29 is 4.74 Å². The van der Waals surface area contributed by atoms with Crippen molar-refractivity contribution in [1.29, 1.82) is 0 Å². The predicted molar refractivity (Wildman–Crippen MR) is 72.2 cm³/mol. The first-order valence-corrected chi connectivity index (χ1v) is 7.49. The second-order valence-electron chi connectivity index (χ2n) is 6.61. The lowest BCUT2D eigenvalue weighted by molar-refractivity contribution is 0.116. The highest BCUT2D eigenvalue weighted by molar-refractivity contribution is 4.87. The Morgan fingerprint density at radius 3 is 2.71 bits per heavy atom. The van der Waals surface area contributed by atoms with Gasteiger partial charge in [0.1, 0.15) is 0 Å². The zero-order valence-corrected chi connectivity index (χ0v) is 11.6. The summed E-state index contributed by atoms with van der Waals surface area (Å²) in [5.74, 6) is 0.903. The normalized spacial score (nSPS) is 28.2. The molecular formula is C15H29NO. The van der Waals surface area contributed by atoms with E-state index in [0.29, 0.717) is 5.41 Å². The largest absolute Gasteiger partial charge is 0.381 e. The number of hydrogen-bond acceptors (Lipinski definition) is 2. The van der Waals surface area contributed by atoms with Crippen LogP contribution >= 0.6 is 0 Å². The van der Waals surface area contributed by atoms with Gasteiger partial charge < -0.3 is 10.1 Å². The number of hydrogen-bond donors (Lipinski definition) is 1. The van der Waals surface area contributed by atoms with Crippen LogP contribution in [0.15, 0.2) is 0 Å². The minimum absolute atomic E-state index is 0.493. The second-order valence-corrected chi connectivity index (χ2v) is 6.61. The van der Waals surface area contributed by atoms with E-state index in [9.17, 15) is 0 Å². The van der Waals surface area contributed by atoms with E-state index in [4.69, 9.17) is 4.74 Å². The quantitative estimate of drug-likeness (QED) is 0.688. The Labute approximate surface area is 107 Å². The maximum atomic E-state index is 5.66. The third-order valence-corrected chi connectivity index (χ3v) is 4.41. The summed E-state index contributed by atoms with van der Waals surface area (Å²) in [6.07, 6.45) is 9.51. The molecule has 0 aromatic carbocycles. The Morgan fingerprint density at radius 1 is 1.18 bits per heavy atom. The van der Waals surface area contributed by atoms with Crippen LogP contribution in [0.1, 0.15) is 58.8 Å². The molecule has 1 N–H and O–H groups in total. The van der Waals surface area contributed by atoms with Crippen molar-refractivity contribution in [2.24, 2.45) is 11.3 Å². The van der Waals surface area contributed by atoms with Crippen LogP contribution in [0.25, 0.3) is 0 Å². The van der Waals surface area contributed by atoms with Crippen LogP contribution in [0, 0.1) is 11.3 Å². The molecule has 0 aliphatic heterocycles. The summed E-state index contributed by atoms with van der Waals surface area (Å²) in [5, 5.41) is 3.74. The van der Waals surface area contributed by atoms with Crippen LogP contribution in [-0.2, 0) is 4.74 Å². The lowest BCUT2D eigenvalue weighted by Gasteiger charge is -2.39. The van der Waals surface area contributed by atoms with Crippen molar-refractivity contribution in [3.05, 3.63) is 0 Å². The van der Waals surface area contributed by atoms with E-state index < -0.39 is 0 Å². The summed E-state index contributed by atoms with van der Waals surface area (Å²) in [6.45, 7) is 7.89. The van der Waals surface area contributed by atoms with E-state index >= 15 is 0 Å². The monoisotopic (exact) mass is 239 g/mol. The standard InChI is InChI=1S/C15H29NO/c1-15(2)9-4-3-6-14(15)16-10-5-11-17-12-13-7-8-13/h13-14,16H,3-12H2,1-2H3. The van der Waals surface area contributed by atoms with Crippen LogP contribution in [0.3, 0.4) is 0 Å². The molecule has 0 aromatic rings. The van der Waals surface area contributed by atoms with E-state index in [1.165, 1.54) is 44.9 Å². The maximum absolute atomic E-state index is 5.66. The Morgan fingerprint density at radius 2 is 2.00 bits per heavy atom. The molecule has 2 nitrogen and oxygen atoms in total. The molecule has 1 unspecified atom stereocenters. The van der Waals surface area contributed by atoms with Crippen LogP contribution in [0.4, 0.5) is 0 Å². The summed E-state index contributed by atoms with van der Waals surface area (Å²) in [7, 11) is 0. The van der Waals surface area contributed by atoms with Gasteiger partial charge >= 0.3 is 0 Å². The molecule has 2 aliphatic rings. The fourth-order valence-corrected chi connectivity index (χ4v) is 2.86. The van der Waals surface area contributed by atoms with Gasteiger partial charge in [-0.05, 0) is 50.0 Å². The molecule has 0 heterocycles. The molecule has 0 amide bonds. The Kier molecular flexibility index (Phi) is 4.87. The molecule has 17 heavy (non-hydrogen) atoms. The first-order valence-electron chi connectivity index (χ1n) is 7.49. The van der Waals surface area contributed by atoms with Gasteiger partial charge in [0.25, 0.3) is 0 Å². The SMILES string of the molecule is CC1(C)CCCCC1NCCCOCC1CC1. The van der Waals surface area contributed by atoms with Gasteiger partial charge in [-0.3, -0.25) is 0 Å². The summed E-state index contributed by atoms with van der Waals surface area (Å²) in [4.78, 5) is 0.